The summed E-state index contributed by atoms with van der Waals surface area (Å²) in [5.41, 5.74) is 0. The first-order chi connectivity index (χ1) is 6.60. The zero-order valence-electron chi connectivity index (χ0n) is 8.72. The van der Waals surface area contributed by atoms with E-state index in [0.717, 1.165) is 6.42 Å². The molecule has 0 amide bonds. The number of halogens is 1. The monoisotopic (exact) mass is 264 g/mol. The SMILES string of the molecule is CCOC(=O)CCC(C)CC(=O)CBr. The number of carbonyl (C=O) groups excluding carboxylic acids is 2. The third-order valence-electron chi connectivity index (χ3n) is 1.87. The second-order valence-electron chi connectivity index (χ2n) is 3.33. The lowest BCUT2D eigenvalue weighted by Gasteiger charge is -2.08. The van der Waals surface area contributed by atoms with Crippen molar-refractivity contribution in [2.75, 3.05) is 11.9 Å². The highest BCUT2D eigenvalue weighted by molar-refractivity contribution is 9.09. The van der Waals surface area contributed by atoms with E-state index >= 15 is 0 Å². The molecule has 4 heteroatoms. The molecule has 0 heterocycles. The maximum atomic E-state index is 11.0. The number of ketones is 1. The maximum Gasteiger partial charge on any atom is 0.305 e. The van der Waals surface area contributed by atoms with Gasteiger partial charge in [0.2, 0.25) is 0 Å². The van der Waals surface area contributed by atoms with Crippen molar-refractivity contribution in [3.8, 4) is 0 Å². The van der Waals surface area contributed by atoms with E-state index in [-0.39, 0.29) is 17.7 Å². The van der Waals surface area contributed by atoms with E-state index in [0.29, 0.717) is 24.8 Å². The van der Waals surface area contributed by atoms with Crippen molar-refractivity contribution < 1.29 is 14.3 Å². The second kappa shape index (κ2) is 7.97. The van der Waals surface area contributed by atoms with Gasteiger partial charge in [-0.05, 0) is 19.3 Å². The molecule has 0 fully saturated rings. The van der Waals surface area contributed by atoms with E-state index < -0.39 is 0 Å². The average Bonchev–Trinajstić information content (AvgIpc) is 2.15. The Bertz CT molecular complexity index is 192. The van der Waals surface area contributed by atoms with Crippen molar-refractivity contribution in [2.24, 2.45) is 5.92 Å². The van der Waals surface area contributed by atoms with Crippen LogP contribution in [0, 0.1) is 5.92 Å². The van der Waals surface area contributed by atoms with Crippen LogP contribution in [0.4, 0.5) is 0 Å². The number of hydrogen-bond donors (Lipinski definition) is 0. The number of rotatable bonds is 7. The smallest absolute Gasteiger partial charge is 0.305 e. The van der Waals surface area contributed by atoms with Crippen molar-refractivity contribution >= 4 is 27.7 Å². The summed E-state index contributed by atoms with van der Waals surface area (Å²) in [6.07, 6.45) is 1.66. The summed E-state index contributed by atoms with van der Waals surface area (Å²) in [6, 6.07) is 0. The van der Waals surface area contributed by atoms with E-state index in [9.17, 15) is 9.59 Å². The lowest BCUT2D eigenvalue weighted by Crippen LogP contribution is -2.10. The third-order valence-corrected chi connectivity index (χ3v) is 2.50. The van der Waals surface area contributed by atoms with Crippen LogP contribution in [-0.4, -0.2) is 23.7 Å². The Morgan fingerprint density at radius 2 is 2.07 bits per heavy atom. The first-order valence-corrected chi connectivity index (χ1v) is 5.95. The van der Waals surface area contributed by atoms with Crippen LogP contribution in [0.1, 0.15) is 33.1 Å². The first kappa shape index (κ1) is 13.6. The van der Waals surface area contributed by atoms with Crippen molar-refractivity contribution in [2.45, 2.75) is 33.1 Å². The van der Waals surface area contributed by atoms with Gasteiger partial charge in [-0.15, -0.1) is 0 Å². The van der Waals surface area contributed by atoms with Crippen LogP contribution in [0.2, 0.25) is 0 Å². The number of Topliss-reactive ketones (excluding diaryl/α,β-unsaturated/α-hetero) is 1. The number of alkyl halides is 1. The minimum Gasteiger partial charge on any atom is -0.466 e. The molecular weight excluding hydrogens is 248 g/mol. The average molecular weight is 265 g/mol. The molecule has 0 saturated carbocycles. The molecule has 0 spiro atoms. The minimum atomic E-state index is -0.175. The molecule has 1 atom stereocenters. The van der Waals surface area contributed by atoms with Gasteiger partial charge in [-0.3, -0.25) is 9.59 Å². The van der Waals surface area contributed by atoms with Crippen LogP contribution in [0.15, 0.2) is 0 Å². The molecule has 14 heavy (non-hydrogen) atoms. The van der Waals surface area contributed by atoms with Gasteiger partial charge in [0.1, 0.15) is 5.78 Å². The highest BCUT2D eigenvalue weighted by Crippen LogP contribution is 2.11. The Balaban J connectivity index is 3.57. The number of hydrogen-bond acceptors (Lipinski definition) is 3. The van der Waals surface area contributed by atoms with Gasteiger partial charge in [-0.2, -0.15) is 0 Å². The summed E-state index contributed by atoms with van der Waals surface area (Å²) in [6.45, 7) is 4.18. The highest BCUT2D eigenvalue weighted by atomic mass is 79.9. The fraction of sp³-hybridized carbons (Fsp3) is 0.800. The normalized spacial score (nSPS) is 12.2. The third kappa shape index (κ3) is 7.06. The first-order valence-electron chi connectivity index (χ1n) is 4.83. The van der Waals surface area contributed by atoms with Crippen molar-refractivity contribution in [3.05, 3.63) is 0 Å². The molecule has 0 saturated heterocycles. The van der Waals surface area contributed by atoms with Gasteiger partial charge in [-0.1, -0.05) is 22.9 Å². The lowest BCUT2D eigenvalue weighted by molar-refractivity contribution is -0.143. The predicted octanol–water partition coefficient (Wildman–Crippen LogP) is 2.32. The summed E-state index contributed by atoms with van der Waals surface area (Å²) < 4.78 is 4.79. The van der Waals surface area contributed by atoms with Crippen LogP contribution >= 0.6 is 15.9 Å². The Morgan fingerprint density at radius 3 is 2.57 bits per heavy atom. The molecule has 0 rings (SSSR count). The van der Waals surface area contributed by atoms with E-state index in [1.807, 2.05) is 6.92 Å². The van der Waals surface area contributed by atoms with Crippen LogP contribution in [-0.2, 0) is 14.3 Å². The van der Waals surface area contributed by atoms with Gasteiger partial charge in [0.15, 0.2) is 0 Å². The van der Waals surface area contributed by atoms with E-state index in [2.05, 4.69) is 15.9 Å². The molecule has 0 bridgehead atoms. The number of ether oxygens (including phenoxy) is 1. The molecule has 0 aliphatic rings. The summed E-state index contributed by atoms with van der Waals surface area (Å²) >= 11 is 3.11. The molecule has 0 radical (unpaired) electrons. The van der Waals surface area contributed by atoms with Gasteiger partial charge >= 0.3 is 5.97 Å². The Kier molecular flexibility index (Phi) is 7.76. The van der Waals surface area contributed by atoms with Crippen molar-refractivity contribution in [1.29, 1.82) is 0 Å². The summed E-state index contributed by atoms with van der Waals surface area (Å²) in [7, 11) is 0. The standard InChI is InChI=1S/C10H17BrO3/c1-3-14-10(13)5-4-8(2)6-9(12)7-11/h8H,3-7H2,1-2H3. The highest BCUT2D eigenvalue weighted by Gasteiger charge is 2.10. The maximum absolute atomic E-state index is 11.0. The molecule has 0 aromatic rings. The van der Waals surface area contributed by atoms with Crippen LogP contribution in [0.25, 0.3) is 0 Å². The second-order valence-corrected chi connectivity index (χ2v) is 3.89. The summed E-state index contributed by atoms with van der Waals surface area (Å²) in [5.74, 6) is 0.261. The fourth-order valence-electron chi connectivity index (χ4n) is 1.14. The van der Waals surface area contributed by atoms with Gasteiger partial charge in [0.05, 0.1) is 11.9 Å². The predicted molar refractivity (Wildman–Crippen MR) is 58.4 cm³/mol. The van der Waals surface area contributed by atoms with Crippen LogP contribution in [0.5, 0.6) is 0 Å². The molecule has 3 nitrogen and oxygen atoms in total. The molecule has 0 aliphatic carbocycles. The molecular formula is C10H17BrO3. The summed E-state index contributed by atoms with van der Waals surface area (Å²) in [4.78, 5) is 22.0. The molecule has 1 unspecified atom stereocenters. The van der Waals surface area contributed by atoms with Gasteiger partial charge in [0, 0.05) is 12.8 Å². The quantitative estimate of drug-likeness (QED) is 0.524. The zero-order chi connectivity index (χ0) is 11.0. The topological polar surface area (TPSA) is 43.4 Å². The number of esters is 1. The van der Waals surface area contributed by atoms with Crippen LogP contribution in [0.3, 0.4) is 0 Å². The lowest BCUT2D eigenvalue weighted by atomic mass is 10.00. The van der Waals surface area contributed by atoms with Gasteiger partial charge in [0.25, 0.3) is 0 Å². The Hall–Kier alpha value is -0.380. The van der Waals surface area contributed by atoms with Crippen molar-refractivity contribution in [1.82, 2.24) is 0 Å². The largest absolute Gasteiger partial charge is 0.466 e. The molecule has 0 aromatic heterocycles. The molecule has 0 aliphatic heterocycles. The molecule has 82 valence electrons. The van der Waals surface area contributed by atoms with Gasteiger partial charge in [-0.25, -0.2) is 0 Å². The van der Waals surface area contributed by atoms with Gasteiger partial charge < -0.3 is 4.74 Å². The fourth-order valence-corrected chi connectivity index (χ4v) is 1.37. The molecule has 0 N–H and O–H groups in total. The van der Waals surface area contributed by atoms with Crippen LogP contribution < -0.4 is 0 Å². The van der Waals surface area contributed by atoms with E-state index in [4.69, 9.17) is 4.74 Å². The zero-order valence-corrected chi connectivity index (χ0v) is 10.3. The van der Waals surface area contributed by atoms with E-state index in [1.165, 1.54) is 0 Å². The van der Waals surface area contributed by atoms with Crippen molar-refractivity contribution in [3.63, 3.8) is 0 Å². The minimum absolute atomic E-state index is 0.175. The molecule has 0 aromatic carbocycles. The van der Waals surface area contributed by atoms with E-state index in [1.54, 1.807) is 6.92 Å². The summed E-state index contributed by atoms with van der Waals surface area (Å²) in [5, 5.41) is 0.400. The Labute approximate surface area is 93.3 Å². The number of carbonyl (C=O) groups is 2. The Morgan fingerprint density at radius 1 is 1.43 bits per heavy atom.